The third-order valence-corrected chi connectivity index (χ3v) is 5.13. The summed E-state index contributed by atoms with van der Waals surface area (Å²) in [7, 11) is 0. The summed E-state index contributed by atoms with van der Waals surface area (Å²) in [4.78, 5) is 24.0. The first-order valence-corrected chi connectivity index (χ1v) is 9.69. The average molecular weight is 467 g/mol. The van der Waals surface area contributed by atoms with Crippen LogP contribution in [-0.2, 0) is 9.59 Å². The fraction of sp³-hybridized carbons (Fsp3) is 0.250. The maximum atomic E-state index is 12.1. The van der Waals surface area contributed by atoms with E-state index in [0.717, 1.165) is 15.6 Å². The fourth-order valence-corrected chi connectivity index (χ4v) is 2.68. The number of carbonyl (C=O) groups excluding carboxylic acids is 2. The highest BCUT2D eigenvalue weighted by Crippen LogP contribution is 2.23. The molecule has 2 aromatic carbocycles. The van der Waals surface area contributed by atoms with Gasteiger partial charge in [-0.3, -0.25) is 9.59 Å². The van der Waals surface area contributed by atoms with Crippen molar-refractivity contribution in [1.82, 2.24) is 5.43 Å². The average Bonchev–Trinajstić information content (AvgIpc) is 2.64. The molecule has 0 fully saturated rings. The Labute approximate surface area is 177 Å². The number of hydrogen-bond acceptors (Lipinski definition) is 4. The molecule has 2 N–H and O–H groups in total. The smallest absolute Gasteiger partial charge is 0.277 e. The van der Waals surface area contributed by atoms with Crippen molar-refractivity contribution in [2.75, 3.05) is 11.9 Å². The zero-order valence-electron chi connectivity index (χ0n) is 15.8. The van der Waals surface area contributed by atoms with Crippen molar-refractivity contribution in [3.8, 4) is 5.75 Å². The monoisotopic (exact) mass is 465 g/mol. The molecule has 0 aliphatic heterocycles. The van der Waals surface area contributed by atoms with Crippen LogP contribution in [-0.4, -0.2) is 24.1 Å². The quantitative estimate of drug-likeness (QED) is 0.461. The number of benzene rings is 2. The van der Waals surface area contributed by atoms with Gasteiger partial charge in [0, 0.05) is 20.9 Å². The Morgan fingerprint density at radius 1 is 1.18 bits per heavy atom. The van der Waals surface area contributed by atoms with E-state index in [9.17, 15) is 9.59 Å². The lowest BCUT2D eigenvalue weighted by atomic mass is 10.2. The van der Waals surface area contributed by atoms with Crippen LogP contribution in [0.4, 0.5) is 5.69 Å². The van der Waals surface area contributed by atoms with Gasteiger partial charge >= 0.3 is 0 Å². The van der Waals surface area contributed by atoms with Crippen molar-refractivity contribution < 1.29 is 14.3 Å². The van der Waals surface area contributed by atoms with Crippen molar-refractivity contribution in [2.45, 2.75) is 27.2 Å². The zero-order chi connectivity index (χ0) is 20.7. The number of carbonyl (C=O) groups is 2. The summed E-state index contributed by atoms with van der Waals surface area (Å²) in [6, 6.07) is 10.7. The predicted molar refractivity (Wildman–Crippen MR) is 115 cm³/mol. The normalized spacial score (nSPS) is 11.1. The molecule has 0 saturated heterocycles. The van der Waals surface area contributed by atoms with E-state index in [4.69, 9.17) is 16.3 Å². The van der Waals surface area contributed by atoms with Gasteiger partial charge in [-0.15, -0.1) is 0 Å². The van der Waals surface area contributed by atoms with Crippen molar-refractivity contribution in [3.05, 3.63) is 57.0 Å². The van der Waals surface area contributed by atoms with Gasteiger partial charge in [0.25, 0.3) is 5.91 Å². The molecule has 0 heterocycles. The van der Waals surface area contributed by atoms with Crippen molar-refractivity contribution in [2.24, 2.45) is 5.10 Å². The van der Waals surface area contributed by atoms with Crippen LogP contribution in [0.5, 0.6) is 5.75 Å². The molecule has 2 amide bonds. The molecule has 0 aliphatic rings. The number of amides is 2. The fourth-order valence-electron chi connectivity index (χ4n) is 2.26. The molecular formula is C20H21BrClN3O3. The maximum Gasteiger partial charge on any atom is 0.277 e. The molecule has 2 aromatic rings. The minimum atomic E-state index is -0.411. The minimum absolute atomic E-state index is 0.0407. The Morgan fingerprint density at radius 2 is 1.93 bits per heavy atom. The molecule has 0 aromatic heterocycles. The molecule has 0 bridgehead atoms. The van der Waals surface area contributed by atoms with Crippen molar-refractivity contribution in [1.29, 1.82) is 0 Å². The molecule has 0 radical (unpaired) electrons. The Balaban J connectivity index is 1.80. The van der Waals surface area contributed by atoms with E-state index in [1.165, 1.54) is 0 Å². The third-order valence-electron chi connectivity index (χ3n) is 3.83. The Hall–Kier alpha value is -2.38. The number of hydrazone groups is 1. The van der Waals surface area contributed by atoms with Gasteiger partial charge in [-0.05, 0) is 62.2 Å². The molecule has 0 unspecified atom stereocenters. The molecule has 0 aliphatic carbocycles. The molecule has 6 nitrogen and oxygen atoms in total. The van der Waals surface area contributed by atoms with Gasteiger partial charge in [0.15, 0.2) is 6.61 Å². The standard InChI is InChI=1S/C20H21BrClN3O3/c1-12-9-15(7-8-16(12)21)28-11-20(27)25-24-13(2)10-19(26)23-18-6-4-5-17(22)14(18)3/h4-9H,10-11H2,1-3H3,(H,23,26)(H,25,27)/b24-13+. The van der Waals surface area contributed by atoms with Crippen LogP contribution in [0, 0.1) is 13.8 Å². The molecule has 0 spiro atoms. The van der Waals surface area contributed by atoms with E-state index in [0.29, 0.717) is 22.2 Å². The first-order valence-electron chi connectivity index (χ1n) is 8.52. The number of halogens is 2. The lowest BCUT2D eigenvalue weighted by Gasteiger charge is -2.09. The molecular weight excluding hydrogens is 446 g/mol. The molecule has 0 saturated carbocycles. The third kappa shape index (κ3) is 6.65. The number of aryl methyl sites for hydroxylation is 1. The van der Waals surface area contributed by atoms with E-state index in [1.54, 1.807) is 31.2 Å². The van der Waals surface area contributed by atoms with Crippen LogP contribution in [0.15, 0.2) is 46.0 Å². The summed E-state index contributed by atoms with van der Waals surface area (Å²) in [5, 5.41) is 7.29. The van der Waals surface area contributed by atoms with Gasteiger partial charge in [-0.25, -0.2) is 5.43 Å². The summed E-state index contributed by atoms with van der Waals surface area (Å²) < 4.78 is 6.39. The topological polar surface area (TPSA) is 79.8 Å². The van der Waals surface area contributed by atoms with Crippen molar-refractivity contribution in [3.63, 3.8) is 0 Å². The highest BCUT2D eigenvalue weighted by atomic mass is 79.9. The molecule has 28 heavy (non-hydrogen) atoms. The predicted octanol–water partition coefficient (Wildman–Crippen LogP) is 4.62. The number of nitrogens with one attached hydrogen (secondary N) is 2. The number of ether oxygens (including phenoxy) is 1. The number of hydrogen-bond donors (Lipinski definition) is 2. The minimum Gasteiger partial charge on any atom is -0.484 e. The van der Waals surface area contributed by atoms with Crippen LogP contribution in [0.25, 0.3) is 0 Å². The van der Waals surface area contributed by atoms with Crippen molar-refractivity contribution >= 4 is 50.7 Å². The van der Waals surface area contributed by atoms with Gasteiger partial charge in [-0.2, -0.15) is 5.10 Å². The first kappa shape index (κ1) is 21.9. The Bertz CT molecular complexity index is 916. The number of nitrogens with zero attached hydrogens (tertiary/aromatic N) is 1. The zero-order valence-corrected chi connectivity index (χ0v) is 18.1. The Morgan fingerprint density at radius 3 is 2.64 bits per heavy atom. The second kappa shape index (κ2) is 10.2. The summed E-state index contributed by atoms with van der Waals surface area (Å²) in [6.07, 6.45) is 0.0407. The number of anilines is 1. The van der Waals surface area contributed by atoms with E-state index >= 15 is 0 Å². The summed E-state index contributed by atoms with van der Waals surface area (Å²) in [5.74, 6) is -0.0683. The summed E-state index contributed by atoms with van der Waals surface area (Å²) in [6.45, 7) is 5.24. The van der Waals surface area contributed by atoms with E-state index < -0.39 is 5.91 Å². The van der Waals surface area contributed by atoms with Crippen LogP contribution in [0.1, 0.15) is 24.5 Å². The highest BCUT2D eigenvalue weighted by molar-refractivity contribution is 9.10. The second-order valence-corrected chi connectivity index (χ2v) is 7.48. The van der Waals surface area contributed by atoms with Crippen LogP contribution >= 0.6 is 27.5 Å². The van der Waals surface area contributed by atoms with Crippen LogP contribution < -0.4 is 15.5 Å². The van der Waals surface area contributed by atoms with Crippen LogP contribution in [0.2, 0.25) is 5.02 Å². The van der Waals surface area contributed by atoms with E-state index in [-0.39, 0.29) is 18.9 Å². The van der Waals surface area contributed by atoms with E-state index in [2.05, 4.69) is 31.8 Å². The Kier molecular flexibility index (Phi) is 8.02. The summed E-state index contributed by atoms with van der Waals surface area (Å²) >= 11 is 9.45. The lowest BCUT2D eigenvalue weighted by molar-refractivity contribution is -0.123. The second-order valence-electron chi connectivity index (χ2n) is 6.22. The van der Waals surface area contributed by atoms with E-state index in [1.807, 2.05) is 26.0 Å². The van der Waals surface area contributed by atoms with Gasteiger partial charge in [-0.1, -0.05) is 33.6 Å². The molecule has 2 rings (SSSR count). The van der Waals surface area contributed by atoms with Gasteiger partial charge in [0.2, 0.25) is 5.91 Å². The molecule has 8 heteroatoms. The number of rotatable bonds is 7. The lowest BCUT2D eigenvalue weighted by Crippen LogP contribution is -2.26. The largest absolute Gasteiger partial charge is 0.484 e. The van der Waals surface area contributed by atoms with Crippen LogP contribution in [0.3, 0.4) is 0 Å². The molecule has 0 atom stereocenters. The summed E-state index contributed by atoms with van der Waals surface area (Å²) in [5.41, 5.74) is 5.29. The van der Waals surface area contributed by atoms with Gasteiger partial charge in [0.05, 0.1) is 6.42 Å². The van der Waals surface area contributed by atoms with Gasteiger partial charge < -0.3 is 10.1 Å². The maximum absolute atomic E-state index is 12.1. The first-order chi connectivity index (χ1) is 13.3. The molecule has 148 valence electrons. The highest BCUT2D eigenvalue weighted by Gasteiger charge is 2.09. The van der Waals surface area contributed by atoms with Gasteiger partial charge in [0.1, 0.15) is 5.75 Å². The SMILES string of the molecule is C/C(CC(=O)Nc1cccc(Cl)c1C)=N\NC(=O)COc1ccc(Br)c(C)c1.